The summed E-state index contributed by atoms with van der Waals surface area (Å²) in [5.41, 5.74) is 0. The third-order valence-corrected chi connectivity index (χ3v) is 3.35. The number of benzene rings is 1. The van der Waals surface area contributed by atoms with Crippen molar-refractivity contribution < 1.29 is 4.74 Å². The number of ether oxygens (including phenoxy) is 1. The van der Waals surface area contributed by atoms with Crippen LogP contribution >= 0.6 is 11.8 Å². The van der Waals surface area contributed by atoms with Gasteiger partial charge in [-0.25, -0.2) is 0 Å². The maximum atomic E-state index is 7.59. The molecule has 3 nitrogen and oxygen atoms in total. The molecule has 19 heavy (non-hydrogen) atoms. The van der Waals surface area contributed by atoms with E-state index in [1.807, 2.05) is 35.7 Å². The summed E-state index contributed by atoms with van der Waals surface area (Å²) in [4.78, 5) is 2.50. The van der Waals surface area contributed by atoms with Crippen molar-refractivity contribution in [1.82, 2.24) is 4.90 Å². The maximum absolute atomic E-state index is 7.59. The first-order chi connectivity index (χ1) is 9.27. The minimum atomic E-state index is 0.740. The Kier molecular flexibility index (Phi) is 8.11. The highest BCUT2D eigenvalue weighted by Gasteiger charge is 2.19. The van der Waals surface area contributed by atoms with E-state index in [0.717, 1.165) is 36.7 Å². The third-order valence-electron chi connectivity index (χ3n) is 3.17. The second-order valence-electron chi connectivity index (χ2n) is 4.48. The summed E-state index contributed by atoms with van der Waals surface area (Å²) < 4.78 is 5.67. The van der Waals surface area contributed by atoms with Crippen LogP contribution in [-0.4, -0.2) is 36.9 Å². The molecule has 0 saturated carbocycles. The summed E-state index contributed by atoms with van der Waals surface area (Å²) in [6, 6.07) is 10.8. The molecular weight excluding hydrogens is 256 g/mol. The molecule has 0 N–H and O–H groups in total. The molecule has 1 fully saturated rings. The molecule has 0 radical (unpaired) electrons. The van der Waals surface area contributed by atoms with Gasteiger partial charge in [0.1, 0.15) is 17.8 Å². The quantitative estimate of drug-likeness (QED) is 0.791. The van der Waals surface area contributed by atoms with Crippen LogP contribution in [0.2, 0.25) is 0 Å². The number of hydrogen-bond donors (Lipinski definition) is 0. The molecule has 1 aromatic rings. The van der Waals surface area contributed by atoms with Crippen LogP contribution in [0.25, 0.3) is 0 Å². The van der Waals surface area contributed by atoms with E-state index in [2.05, 4.69) is 11.8 Å². The first kappa shape index (κ1) is 15.9. The fraction of sp³-hybridized carbons (Fsp3) is 0.533. The number of nitriles is 1. The van der Waals surface area contributed by atoms with Crippen molar-refractivity contribution in [2.24, 2.45) is 0 Å². The highest BCUT2D eigenvalue weighted by Crippen LogP contribution is 2.16. The van der Waals surface area contributed by atoms with E-state index >= 15 is 0 Å². The predicted molar refractivity (Wildman–Crippen MR) is 81.3 cm³/mol. The van der Waals surface area contributed by atoms with Gasteiger partial charge in [-0.15, -0.1) is 0 Å². The van der Waals surface area contributed by atoms with Crippen molar-refractivity contribution in [3.63, 3.8) is 0 Å². The molecule has 0 bridgehead atoms. The van der Waals surface area contributed by atoms with Gasteiger partial charge in [0.05, 0.1) is 0 Å². The van der Waals surface area contributed by atoms with Crippen LogP contribution in [0.3, 0.4) is 0 Å². The van der Waals surface area contributed by atoms with E-state index in [9.17, 15) is 0 Å². The molecular formula is C15H22N2OS. The summed E-state index contributed by atoms with van der Waals surface area (Å²) in [5, 5.41) is 9.44. The molecule has 1 saturated heterocycles. The molecule has 1 aliphatic heterocycles. The van der Waals surface area contributed by atoms with Crippen LogP contribution in [0.5, 0.6) is 5.75 Å². The number of hydrogen-bond acceptors (Lipinski definition) is 4. The standard InChI is InChI=1S/C13H19NO.C2H3NS/c1-12-6-5-9-14(12)10-11-15-13-7-3-2-4-8-13;1-4-2-3/h2-4,7-8,12H,5-6,9-11H2,1H3;1H3. The van der Waals surface area contributed by atoms with Gasteiger partial charge in [0.15, 0.2) is 0 Å². The molecule has 1 atom stereocenters. The molecule has 1 aliphatic rings. The van der Waals surface area contributed by atoms with Gasteiger partial charge in [-0.3, -0.25) is 4.90 Å². The predicted octanol–water partition coefficient (Wildman–Crippen LogP) is 3.38. The van der Waals surface area contributed by atoms with Crippen molar-refractivity contribution in [2.45, 2.75) is 25.8 Å². The Morgan fingerprint density at radius 3 is 2.63 bits per heavy atom. The molecule has 4 heteroatoms. The lowest BCUT2D eigenvalue weighted by Crippen LogP contribution is -2.31. The molecule has 0 aliphatic carbocycles. The smallest absolute Gasteiger partial charge is 0.133 e. The SMILES string of the molecule is CC1CCCN1CCOc1ccccc1.CSC#N. The van der Waals surface area contributed by atoms with Crippen molar-refractivity contribution in [3.05, 3.63) is 30.3 Å². The van der Waals surface area contributed by atoms with Gasteiger partial charge < -0.3 is 4.74 Å². The minimum Gasteiger partial charge on any atom is -0.492 e. The van der Waals surface area contributed by atoms with Gasteiger partial charge in [-0.05, 0) is 56.5 Å². The van der Waals surface area contributed by atoms with Crippen molar-refractivity contribution in [2.75, 3.05) is 26.0 Å². The normalized spacial score (nSPS) is 18.3. The summed E-state index contributed by atoms with van der Waals surface area (Å²) in [6.45, 7) is 5.39. The van der Waals surface area contributed by atoms with Gasteiger partial charge in [-0.2, -0.15) is 5.26 Å². The van der Waals surface area contributed by atoms with Gasteiger partial charge in [0, 0.05) is 12.6 Å². The zero-order chi connectivity index (χ0) is 13.9. The molecule has 1 heterocycles. The van der Waals surface area contributed by atoms with Gasteiger partial charge in [0.2, 0.25) is 0 Å². The second kappa shape index (κ2) is 9.71. The molecule has 1 unspecified atom stereocenters. The number of thiocyanates is 1. The zero-order valence-corrected chi connectivity index (χ0v) is 12.5. The number of rotatable bonds is 4. The van der Waals surface area contributed by atoms with E-state index in [0.29, 0.717) is 0 Å². The summed E-state index contributed by atoms with van der Waals surface area (Å²) in [7, 11) is 0. The Bertz CT molecular complexity index is 377. The lowest BCUT2D eigenvalue weighted by Gasteiger charge is -2.20. The Morgan fingerprint density at radius 1 is 1.42 bits per heavy atom. The van der Waals surface area contributed by atoms with Crippen LogP contribution in [0.1, 0.15) is 19.8 Å². The monoisotopic (exact) mass is 278 g/mol. The summed E-state index contributed by atoms with van der Waals surface area (Å²) in [5.74, 6) is 0.976. The maximum Gasteiger partial charge on any atom is 0.133 e. The third kappa shape index (κ3) is 6.51. The Balaban J connectivity index is 0.000000399. The number of para-hydroxylation sites is 1. The van der Waals surface area contributed by atoms with Crippen molar-refractivity contribution >= 4 is 11.8 Å². The van der Waals surface area contributed by atoms with Crippen LogP contribution in [0, 0.1) is 10.7 Å². The van der Waals surface area contributed by atoms with E-state index in [-0.39, 0.29) is 0 Å². The van der Waals surface area contributed by atoms with Crippen LogP contribution in [0.15, 0.2) is 30.3 Å². The average molecular weight is 278 g/mol. The Hall–Kier alpha value is -1.18. The van der Waals surface area contributed by atoms with E-state index in [4.69, 9.17) is 10.00 Å². The first-order valence-electron chi connectivity index (χ1n) is 6.62. The van der Waals surface area contributed by atoms with Crippen LogP contribution in [0.4, 0.5) is 0 Å². The fourth-order valence-electron chi connectivity index (χ4n) is 2.12. The van der Waals surface area contributed by atoms with Gasteiger partial charge in [0.25, 0.3) is 0 Å². The first-order valence-corrected chi connectivity index (χ1v) is 7.84. The Labute approximate surface area is 120 Å². The molecule has 0 spiro atoms. The number of thioether (sulfide) groups is 1. The highest BCUT2D eigenvalue weighted by atomic mass is 32.2. The summed E-state index contributed by atoms with van der Waals surface area (Å²) in [6.07, 6.45) is 4.41. The molecule has 0 amide bonds. The molecule has 0 aromatic heterocycles. The van der Waals surface area contributed by atoms with Crippen LogP contribution < -0.4 is 4.74 Å². The number of likely N-dealkylation sites (tertiary alicyclic amines) is 1. The largest absolute Gasteiger partial charge is 0.492 e. The lowest BCUT2D eigenvalue weighted by molar-refractivity contribution is 0.204. The molecule has 104 valence electrons. The highest BCUT2D eigenvalue weighted by molar-refractivity contribution is 8.03. The van der Waals surface area contributed by atoms with E-state index in [1.54, 1.807) is 6.26 Å². The Morgan fingerprint density at radius 2 is 2.11 bits per heavy atom. The average Bonchev–Trinajstić information content (AvgIpc) is 2.86. The van der Waals surface area contributed by atoms with Crippen molar-refractivity contribution in [1.29, 1.82) is 5.26 Å². The summed E-state index contributed by atoms with van der Waals surface area (Å²) >= 11 is 1.16. The van der Waals surface area contributed by atoms with Crippen LogP contribution in [-0.2, 0) is 0 Å². The van der Waals surface area contributed by atoms with Gasteiger partial charge >= 0.3 is 0 Å². The molecule has 2 rings (SSSR count). The van der Waals surface area contributed by atoms with E-state index < -0.39 is 0 Å². The minimum absolute atomic E-state index is 0.740. The molecule has 1 aromatic carbocycles. The lowest BCUT2D eigenvalue weighted by atomic mass is 10.2. The van der Waals surface area contributed by atoms with Gasteiger partial charge in [-0.1, -0.05) is 18.2 Å². The van der Waals surface area contributed by atoms with E-state index in [1.165, 1.54) is 19.4 Å². The zero-order valence-electron chi connectivity index (χ0n) is 11.7. The number of nitrogens with zero attached hydrogens (tertiary/aromatic N) is 2. The fourth-order valence-corrected chi connectivity index (χ4v) is 2.12. The second-order valence-corrected chi connectivity index (χ2v) is 5.07. The van der Waals surface area contributed by atoms with Crippen molar-refractivity contribution in [3.8, 4) is 11.2 Å². The topological polar surface area (TPSA) is 36.3 Å².